The molecule has 158 valence electrons. The van der Waals surface area contributed by atoms with Crippen LogP contribution in [-0.2, 0) is 10.0 Å². The van der Waals surface area contributed by atoms with Crippen molar-refractivity contribution >= 4 is 45.6 Å². The molecule has 0 saturated carbocycles. The maximum absolute atomic E-state index is 12.3. The number of nitro benzene ring substituents is 1. The summed E-state index contributed by atoms with van der Waals surface area (Å²) in [6.07, 6.45) is 0. The van der Waals surface area contributed by atoms with Gasteiger partial charge >= 0.3 is 0 Å². The number of hydrogen-bond acceptors (Lipinski definition) is 5. The van der Waals surface area contributed by atoms with Crippen molar-refractivity contribution in [2.24, 2.45) is 10.4 Å². The molecule has 0 atom stereocenters. The first kappa shape index (κ1) is 24.6. The molecular weight excluding hydrogens is 497 g/mol. The second-order valence-electron chi connectivity index (χ2n) is 7.66. The lowest BCUT2D eigenvalue weighted by Crippen LogP contribution is -2.72. The van der Waals surface area contributed by atoms with Crippen molar-refractivity contribution in [3.63, 3.8) is 0 Å². The normalized spacial score (nSPS) is 18.0. The molecule has 9 nitrogen and oxygen atoms in total. The van der Waals surface area contributed by atoms with Gasteiger partial charge in [-0.2, -0.15) is 0 Å². The van der Waals surface area contributed by atoms with E-state index in [1.54, 1.807) is 7.05 Å². The molecule has 1 fully saturated rings. The van der Waals surface area contributed by atoms with Crippen molar-refractivity contribution in [1.82, 2.24) is 14.9 Å². The van der Waals surface area contributed by atoms with Crippen LogP contribution in [0.15, 0.2) is 34.2 Å². The first-order chi connectivity index (χ1) is 12.4. The number of rotatable bonds is 6. The highest BCUT2D eigenvalue weighted by Gasteiger charge is 2.53. The van der Waals surface area contributed by atoms with Crippen LogP contribution >= 0.6 is 24.0 Å². The number of nitrogens with one attached hydrogen (secondary N) is 2. The first-order valence-electron chi connectivity index (χ1n) is 8.65. The van der Waals surface area contributed by atoms with E-state index in [2.05, 4.69) is 47.6 Å². The number of nitro groups is 1. The van der Waals surface area contributed by atoms with Crippen LogP contribution in [0, 0.1) is 15.5 Å². The van der Waals surface area contributed by atoms with Crippen LogP contribution in [0.1, 0.15) is 27.7 Å². The monoisotopic (exact) mass is 525 g/mol. The summed E-state index contributed by atoms with van der Waals surface area (Å²) in [6.45, 7) is 10.0. The summed E-state index contributed by atoms with van der Waals surface area (Å²) < 4.78 is 27.1. The molecule has 1 aliphatic heterocycles. The molecule has 0 aromatic heterocycles. The summed E-state index contributed by atoms with van der Waals surface area (Å²) in [4.78, 5) is 16.5. The van der Waals surface area contributed by atoms with Crippen LogP contribution in [0.4, 0.5) is 5.69 Å². The lowest BCUT2D eigenvalue weighted by molar-refractivity contribution is -0.385. The maximum Gasteiger partial charge on any atom is 0.270 e. The van der Waals surface area contributed by atoms with E-state index in [1.807, 2.05) is 0 Å². The average molecular weight is 525 g/mol. The van der Waals surface area contributed by atoms with Gasteiger partial charge in [-0.3, -0.25) is 15.1 Å². The largest absolute Gasteiger partial charge is 0.355 e. The SMILES string of the molecule is CN=C(NCCNS(=O)(=O)c1cccc([N+](=O)[O-])c1)N1CC(C)(C)C1(C)C.I. The zero-order valence-corrected chi connectivity index (χ0v) is 19.9. The number of halogens is 1. The summed E-state index contributed by atoms with van der Waals surface area (Å²) in [5.41, 5.74) is -0.162. The minimum Gasteiger partial charge on any atom is -0.355 e. The Morgan fingerprint density at radius 2 is 1.93 bits per heavy atom. The predicted octanol–water partition coefficient (Wildman–Crippen LogP) is 2.19. The highest BCUT2D eigenvalue weighted by atomic mass is 127. The van der Waals surface area contributed by atoms with E-state index in [0.717, 1.165) is 12.6 Å². The molecule has 2 N–H and O–H groups in total. The zero-order chi connectivity index (χ0) is 20.5. The molecule has 1 aromatic carbocycles. The summed E-state index contributed by atoms with van der Waals surface area (Å²) in [7, 11) is -2.13. The fourth-order valence-electron chi connectivity index (χ4n) is 2.90. The second-order valence-corrected chi connectivity index (χ2v) is 9.42. The molecule has 1 aromatic rings. The number of likely N-dealkylation sites (tertiary alicyclic amines) is 1. The van der Waals surface area contributed by atoms with E-state index in [1.165, 1.54) is 18.2 Å². The molecular formula is C17H28IN5O4S. The molecule has 0 aliphatic carbocycles. The van der Waals surface area contributed by atoms with Gasteiger partial charge in [0.05, 0.1) is 9.82 Å². The van der Waals surface area contributed by atoms with Gasteiger partial charge in [0.1, 0.15) is 0 Å². The standard InChI is InChI=1S/C17H27N5O4S.HI/c1-16(2)12-21(17(16,3)4)15(18-5)19-9-10-20-27(25,26)14-8-6-7-13(11-14)22(23)24;/h6-8,11,20H,9-10,12H2,1-5H3,(H,18,19);1H. The van der Waals surface area contributed by atoms with E-state index in [9.17, 15) is 18.5 Å². The van der Waals surface area contributed by atoms with Crippen LogP contribution in [0.5, 0.6) is 0 Å². The molecule has 1 aliphatic rings. The lowest BCUT2D eigenvalue weighted by Gasteiger charge is -2.62. The van der Waals surface area contributed by atoms with Gasteiger partial charge in [-0.1, -0.05) is 19.9 Å². The van der Waals surface area contributed by atoms with Gasteiger partial charge in [-0.05, 0) is 19.9 Å². The smallest absolute Gasteiger partial charge is 0.270 e. The topological polar surface area (TPSA) is 117 Å². The van der Waals surface area contributed by atoms with Gasteiger partial charge in [0.15, 0.2) is 5.96 Å². The number of nitrogens with zero attached hydrogens (tertiary/aromatic N) is 3. The highest BCUT2D eigenvalue weighted by molar-refractivity contribution is 14.0. The second kappa shape index (κ2) is 8.91. The third-order valence-corrected chi connectivity index (χ3v) is 6.85. The maximum atomic E-state index is 12.3. The third-order valence-electron chi connectivity index (χ3n) is 5.39. The molecule has 1 saturated heterocycles. The van der Waals surface area contributed by atoms with Gasteiger partial charge in [0.25, 0.3) is 5.69 Å². The molecule has 0 unspecified atom stereocenters. The van der Waals surface area contributed by atoms with Crippen LogP contribution in [-0.4, -0.2) is 56.4 Å². The number of aliphatic imine (C=N–C) groups is 1. The average Bonchev–Trinajstić information content (AvgIpc) is 2.60. The molecule has 0 radical (unpaired) electrons. The highest BCUT2D eigenvalue weighted by Crippen LogP contribution is 2.46. The molecule has 28 heavy (non-hydrogen) atoms. The van der Waals surface area contributed by atoms with Crippen molar-refractivity contribution < 1.29 is 13.3 Å². The van der Waals surface area contributed by atoms with Crippen LogP contribution < -0.4 is 10.0 Å². The van der Waals surface area contributed by atoms with Crippen LogP contribution in [0.3, 0.4) is 0 Å². The number of guanidine groups is 1. The summed E-state index contributed by atoms with van der Waals surface area (Å²) in [6, 6.07) is 4.97. The fourth-order valence-corrected chi connectivity index (χ4v) is 3.97. The minimum atomic E-state index is -3.82. The van der Waals surface area contributed by atoms with Crippen molar-refractivity contribution in [1.29, 1.82) is 0 Å². The number of sulfonamides is 1. The van der Waals surface area contributed by atoms with Gasteiger partial charge in [-0.25, -0.2) is 13.1 Å². The van der Waals surface area contributed by atoms with Crippen molar-refractivity contribution in [2.45, 2.75) is 38.1 Å². The Morgan fingerprint density at radius 3 is 2.43 bits per heavy atom. The van der Waals surface area contributed by atoms with E-state index in [-0.39, 0.29) is 52.1 Å². The quantitative estimate of drug-likeness (QED) is 0.147. The van der Waals surface area contributed by atoms with Gasteiger partial charge in [-0.15, -0.1) is 24.0 Å². The summed E-state index contributed by atoms with van der Waals surface area (Å²) >= 11 is 0. The Morgan fingerprint density at radius 1 is 1.29 bits per heavy atom. The lowest BCUT2D eigenvalue weighted by atomic mass is 9.65. The molecule has 0 bridgehead atoms. The van der Waals surface area contributed by atoms with E-state index in [0.29, 0.717) is 12.5 Å². The minimum absolute atomic E-state index is 0. The Labute approximate surface area is 183 Å². The van der Waals surface area contributed by atoms with Crippen molar-refractivity contribution in [3.8, 4) is 0 Å². The number of non-ortho nitro benzene ring substituents is 1. The fraction of sp³-hybridized carbons (Fsp3) is 0.588. The van der Waals surface area contributed by atoms with Crippen LogP contribution in [0.25, 0.3) is 0 Å². The molecule has 2 rings (SSSR count). The van der Waals surface area contributed by atoms with Gasteiger partial charge in [0.2, 0.25) is 10.0 Å². The molecule has 0 amide bonds. The Balaban J connectivity index is 0.00000392. The number of hydrogen-bond donors (Lipinski definition) is 2. The Bertz CT molecular complexity index is 855. The molecule has 11 heteroatoms. The molecule has 1 heterocycles. The van der Waals surface area contributed by atoms with Gasteiger partial charge in [0, 0.05) is 49.8 Å². The summed E-state index contributed by atoms with van der Waals surface area (Å²) in [5, 5.41) is 14.0. The number of benzene rings is 1. The van der Waals surface area contributed by atoms with E-state index >= 15 is 0 Å². The van der Waals surface area contributed by atoms with Gasteiger partial charge < -0.3 is 10.2 Å². The van der Waals surface area contributed by atoms with E-state index in [4.69, 9.17) is 0 Å². The summed E-state index contributed by atoms with van der Waals surface area (Å²) in [5.74, 6) is 0.717. The van der Waals surface area contributed by atoms with E-state index < -0.39 is 14.9 Å². The Kier molecular flexibility index (Phi) is 7.81. The zero-order valence-electron chi connectivity index (χ0n) is 16.7. The molecule has 0 spiro atoms. The first-order valence-corrected chi connectivity index (χ1v) is 10.1. The third kappa shape index (κ3) is 4.92. The Hall–Kier alpha value is -1.47. The van der Waals surface area contributed by atoms with Crippen molar-refractivity contribution in [3.05, 3.63) is 34.4 Å². The van der Waals surface area contributed by atoms with Crippen LogP contribution in [0.2, 0.25) is 0 Å². The van der Waals surface area contributed by atoms with Crippen molar-refractivity contribution in [2.75, 3.05) is 26.7 Å². The predicted molar refractivity (Wildman–Crippen MR) is 120 cm³/mol.